The van der Waals surface area contributed by atoms with Gasteiger partial charge in [0.2, 0.25) is 0 Å². The van der Waals surface area contributed by atoms with Crippen LogP contribution in [0.2, 0.25) is 0 Å². The van der Waals surface area contributed by atoms with E-state index < -0.39 is 0 Å². The fourth-order valence-electron chi connectivity index (χ4n) is 4.13. The molecule has 0 radical (unpaired) electrons. The predicted octanol–water partition coefficient (Wildman–Crippen LogP) is 6.60. The third-order valence-corrected chi connectivity index (χ3v) is 7.42. The van der Waals surface area contributed by atoms with Crippen LogP contribution in [0.1, 0.15) is 22.3 Å². The lowest BCUT2D eigenvalue weighted by Gasteiger charge is -2.14. The normalized spacial score (nSPS) is 14.8. The van der Waals surface area contributed by atoms with Crippen molar-refractivity contribution in [1.29, 1.82) is 0 Å². The summed E-state index contributed by atoms with van der Waals surface area (Å²) in [7, 11) is 0. The summed E-state index contributed by atoms with van der Waals surface area (Å²) in [6.45, 7) is 4.73. The number of rotatable bonds is 6. The lowest BCUT2D eigenvalue weighted by molar-refractivity contribution is -0.122. The van der Waals surface area contributed by atoms with Crippen LogP contribution in [0.15, 0.2) is 90.0 Å². The third kappa shape index (κ3) is 4.99. The maximum atomic E-state index is 13.3. The second-order valence-electron chi connectivity index (χ2n) is 8.60. The summed E-state index contributed by atoms with van der Waals surface area (Å²) in [6.07, 6.45) is 4.69. The van der Waals surface area contributed by atoms with E-state index in [-0.39, 0.29) is 5.91 Å². The summed E-state index contributed by atoms with van der Waals surface area (Å²) in [5.41, 5.74) is 7.26. The highest BCUT2D eigenvalue weighted by atomic mass is 32.2. The number of nitrogens with zero attached hydrogens (tertiary/aromatic N) is 3. The minimum atomic E-state index is -0.0460. The van der Waals surface area contributed by atoms with Gasteiger partial charge in [-0.3, -0.25) is 9.69 Å². The van der Waals surface area contributed by atoms with E-state index in [1.807, 2.05) is 65.5 Å². The molecule has 4 nitrogen and oxygen atoms in total. The van der Waals surface area contributed by atoms with Gasteiger partial charge in [-0.2, -0.15) is 5.10 Å². The Hall–Kier alpha value is -3.48. The molecule has 2 heterocycles. The number of hydrogen-bond donors (Lipinski definition) is 0. The molecule has 0 unspecified atom stereocenters. The Morgan fingerprint density at radius 1 is 0.971 bits per heavy atom. The van der Waals surface area contributed by atoms with E-state index in [0.717, 1.165) is 40.1 Å². The van der Waals surface area contributed by atoms with Gasteiger partial charge in [0.05, 0.1) is 10.6 Å². The van der Waals surface area contributed by atoms with Gasteiger partial charge in [0, 0.05) is 23.9 Å². The number of para-hydroxylation sites is 1. The Morgan fingerprint density at radius 3 is 2.43 bits per heavy atom. The molecule has 0 aliphatic carbocycles. The van der Waals surface area contributed by atoms with Crippen LogP contribution in [-0.4, -0.2) is 31.5 Å². The van der Waals surface area contributed by atoms with E-state index in [9.17, 15) is 4.79 Å². The molecule has 174 valence electrons. The third-order valence-electron chi connectivity index (χ3n) is 6.04. The van der Waals surface area contributed by atoms with Crippen molar-refractivity contribution in [3.8, 4) is 16.9 Å². The van der Waals surface area contributed by atoms with E-state index in [1.54, 1.807) is 4.90 Å². The van der Waals surface area contributed by atoms with Gasteiger partial charge in [-0.25, -0.2) is 4.68 Å². The molecule has 0 N–H and O–H groups in total. The smallest absolute Gasteiger partial charge is 0.266 e. The quantitative estimate of drug-likeness (QED) is 0.223. The van der Waals surface area contributed by atoms with E-state index in [1.165, 1.54) is 17.3 Å². The lowest BCUT2D eigenvalue weighted by atomic mass is 10.0. The standard InChI is InChI=1S/C29H25N3OS2/c1-20-13-14-21(2)25(17-20)27-23(19-32(30-27)24-11-7-4-8-12-24)18-26-28(33)31(29(34)35-26)16-15-22-9-5-3-6-10-22/h3-14,17-19H,15-16H2,1-2H3/b26-18+. The number of aryl methyl sites for hydroxylation is 2. The molecule has 3 aromatic carbocycles. The zero-order valence-corrected chi connectivity index (χ0v) is 21.3. The average Bonchev–Trinajstić information content (AvgIpc) is 3.41. The minimum Gasteiger partial charge on any atom is -0.293 e. The SMILES string of the molecule is Cc1ccc(C)c(-c2nn(-c3ccccc3)cc2/C=C2/SC(=S)N(CCc3ccccc3)C2=O)c1. The Morgan fingerprint density at radius 2 is 1.69 bits per heavy atom. The molecule has 0 bridgehead atoms. The number of carbonyl (C=O) groups is 1. The molecule has 0 spiro atoms. The van der Waals surface area contributed by atoms with Crippen LogP contribution in [0.4, 0.5) is 0 Å². The van der Waals surface area contributed by atoms with E-state index in [0.29, 0.717) is 15.8 Å². The molecular weight excluding hydrogens is 470 g/mol. The number of aromatic nitrogens is 2. The Labute approximate surface area is 215 Å². The number of amides is 1. The lowest BCUT2D eigenvalue weighted by Crippen LogP contribution is -2.30. The zero-order valence-electron chi connectivity index (χ0n) is 19.6. The first kappa shape index (κ1) is 23.3. The average molecular weight is 496 g/mol. The Balaban J connectivity index is 1.50. The number of carbonyl (C=O) groups excluding carboxylic acids is 1. The van der Waals surface area contributed by atoms with Crippen LogP contribution in [0.25, 0.3) is 23.0 Å². The maximum Gasteiger partial charge on any atom is 0.266 e. The number of hydrogen-bond acceptors (Lipinski definition) is 4. The van der Waals surface area contributed by atoms with Crippen molar-refractivity contribution >= 4 is 40.3 Å². The van der Waals surface area contributed by atoms with Crippen LogP contribution in [0.5, 0.6) is 0 Å². The molecule has 1 aliphatic rings. The summed E-state index contributed by atoms with van der Waals surface area (Å²) in [5.74, 6) is -0.0460. The second kappa shape index (κ2) is 10.0. The van der Waals surface area contributed by atoms with E-state index in [2.05, 4.69) is 44.2 Å². The first-order valence-corrected chi connectivity index (χ1v) is 12.7. The second-order valence-corrected chi connectivity index (χ2v) is 10.3. The first-order valence-electron chi connectivity index (χ1n) is 11.5. The van der Waals surface area contributed by atoms with Crippen LogP contribution in [-0.2, 0) is 11.2 Å². The van der Waals surface area contributed by atoms with Crippen molar-refractivity contribution in [2.24, 2.45) is 0 Å². The van der Waals surface area contributed by atoms with Crippen molar-refractivity contribution in [1.82, 2.24) is 14.7 Å². The highest BCUT2D eigenvalue weighted by Crippen LogP contribution is 2.35. The summed E-state index contributed by atoms with van der Waals surface area (Å²) in [4.78, 5) is 15.6. The Kier molecular flexibility index (Phi) is 6.66. The largest absolute Gasteiger partial charge is 0.293 e. The molecule has 35 heavy (non-hydrogen) atoms. The van der Waals surface area contributed by atoms with Gasteiger partial charge in [0.25, 0.3) is 5.91 Å². The molecule has 0 saturated carbocycles. The highest BCUT2D eigenvalue weighted by molar-refractivity contribution is 8.26. The van der Waals surface area contributed by atoms with Gasteiger partial charge < -0.3 is 0 Å². The number of thioether (sulfide) groups is 1. The zero-order chi connectivity index (χ0) is 24.4. The van der Waals surface area contributed by atoms with Crippen LogP contribution >= 0.6 is 24.0 Å². The molecule has 1 aromatic heterocycles. The van der Waals surface area contributed by atoms with E-state index in [4.69, 9.17) is 17.3 Å². The van der Waals surface area contributed by atoms with Crippen molar-refractivity contribution < 1.29 is 4.79 Å². The summed E-state index contributed by atoms with van der Waals surface area (Å²) in [6, 6.07) is 26.5. The first-order chi connectivity index (χ1) is 17.0. The molecule has 0 atom stereocenters. The van der Waals surface area contributed by atoms with Crippen molar-refractivity contribution in [2.45, 2.75) is 20.3 Å². The number of benzene rings is 3. The Bertz CT molecular complexity index is 1430. The van der Waals surface area contributed by atoms with Gasteiger partial charge in [-0.05, 0) is 55.7 Å². The molecule has 5 rings (SSSR count). The topological polar surface area (TPSA) is 38.1 Å². The van der Waals surface area contributed by atoms with Gasteiger partial charge >= 0.3 is 0 Å². The summed E-state index contributed by atoms with van der Waals surface area (Å²) in [5, 5.41) is 4.94. The fourth-order valence-corrected chi connectivity index (χ4v) is 5.43. The van der Waals surface area contributed by atoms with Crippen molar-refractivity contribution in [3.63, 3.8) is 0 Å². The molecular formula is C29H25N3OS2. The van der Waals surface area contributed by atoms with Crippen LogP contribution in [0, 0.1) is 13.8 Å². The molecule has 6 heteroatoms. The minimum absolute atomic E-state index is 0.0460. The highest BCUT2D eigenvalue weighted by Gasteiger charge is 2.32. The summed E-state index contributed by atoms with van der Waals surface area (Å²) >= 11 is 6.94. The maximum absolute atomic E-state index is 13.3. The molecule has 1 saturated heterocycles. The van der Waals surface area contributed by atoms with Crippen LogP contribution < -0.4 is 0 Å². The molecule has 4 aromatic rings. The molecule has 1 amide bonds. The van der Waals surface area contributed by atoms with Crippen LogP contribution in [0.3, 0.4) is 0 Å². The van der Waals surface area contributed by atoms with E-state index >= 15 is 0 Å². The van der Waals surface area contributed by atoms with Crippen molar-refractivity contribution in [2.75, 3.05) is 6.54 Å². The predicted molar refractivity (Wildman–Crippen MR) is 148 cm³/mol. The van der Waals surface area contributed by atoms with Gasteiger partial charge in [0.1, 0.15) is 10.0 Å². The number of thiocarbonyl (C=S) groups is 1. The van der Waals surface area contributed by atoms with Gasteiger partial charge in [-0.1, -0.05) is 90.2 Å². The monoisotopic (exact) mass is 495 g/mol. The molecule has 1 fully saturated rings. The van der Waals surface area contributed by atoms with Gasteiger partial charge in [0.15, 0.2) is 0 Å². The van der Waals surface area contributed by atoms with Gasteiger partial charge in [-0.15, -0.1) is 0 Å². The van der Waals surface area contributed by atoms with Crippen molar-refractivity contribution in [3.05, 3.63) is 112 Å². The fraction of sp³-hybridized carbons (Fsp3) is 0.138. The molecule has 1 aliphatic heterocycles. The summed E-state index contributed by atoms with van der Waals surface area (Å²) < 4.78 is 2.47.